The van der Waals surface area contributed by atoms with Crippen molar-refractivity contribution >= 4 is 11.9 Å². The van der Waals surface area contributed by atoms with E-state index in [1.165, 1.54) is 12.5 Å². The monoisotopic (exact) mass is 510 g/mol. The first-order valence-electron chi connectivity index (χ1n) is 13.7. The smallest absolute Gasteiger partial charge is 0.338 e. The fourth-order valence-corrected chi connectivity index (χ4v) is 9.14. The third kappa shape index (κ3) is 3.63. The van der Waals surface area contributed by atoms with Crippen LogP contribution >= 0.6 is 0 Å². The van der Waals surface area contributed by atoms with Gasteiger partial charge in [-0.2, -0.15) is 0 Å². The van der Waals surface area contributed by atoms with E-state index in [2.05, 4.69) is 20.4 Å². The maximum Gasteiger partial charge on any atom is 0.338 e. The number of hydrogen-bond acceptors (Lipinski definition) is 7. The molecule has 1 aliphatic heterocycles. The summed E-state index contributed by atoms with van der Waals surface area (Å²) in [6.07, 6.45) is 5.47. The van der Waals surface area contributed by atoms with Gasteiger partial charge in [-0.3, -0.25) is 4.79 Å². The van der Waals surface area contributed by atoms with E-state index in [-0.39, 0.29) is 36.1 Å². The van der Waals surface area contributed by atoms with E-state index in [0.717, 1.165) is 32.1 Å². The van der Waals surface area contributed by atoms with Gasteiger partial charge in [-0.25, -0.2) is 4.79 Å². The van der Waals surface area contributed by atoms with Gasteiger partial charge in [0.2, 0.25) is 6.79 Å². The van der Waals surface area contributed by atoms with Crippen LogP contribution < -0.4 is 9.47 Å². The summed E-state index contributed by atoms with van der Waals surface area (Å²) in [5.74, 6) is 1.29. The number of aliphatic hydroxyl groups is 1. The molecule has 7 heteroatoms. The normalized spacial score (nSPS) is 41.5. The Kier molecular flexibility index (Phi) is 5.68. The van der Waals surface area contributed by atoms with Crippen LogP contribution in [-0.4, -0.2) is 42.7 Å². The third-order valence-electron chi connectivity index (χ3n) is 10.9. The number of carbonyl (C=O) groups is 2. The third-order valence-corrected chi connectivity index (χ3v) is 10.9. The van der Waals surface area contributed by atoms with Crippen LogP contribution in [0.15, 0.2) is 30.4 Å². The molecule has 0 radical (unpaired) electrons. The maximum atomic E-state index is 13.3. The summed E-state index contributed by atoms with van der Waals surface area (Å²) < 4.78 is 22.7. The molecule has 2 bridgehead atoms. The summed E-state index contributed by atoms with van der Waals surface area (Å²) in [5, 5.41) is 11.7. The first-order valence-corrected chi connectivity index (χ1v) is 13.7. The van der Waals surface area contributed by atoms with Crippen LogP contribution in [0.5, 0.6) is 11.5 Å². The van der Waals surface area contributed by atoms with Crippen LogP contribution in [0.1, 0.15) is 76.1 Å². The molecule has 4 fully saturated rings. The summed E-state index contributed by atoms with van der Waals surface area (Å²) in [4.78, 5) is 25.3. The van der Waals surface area contributed by atoms with Gasteiger partial charge in [0.1, 0.15) is 12.7 Å². The quantitative estimate of drug-likeness (QED) is 0.448. The molecule has 1 N–H and O–H groups in total. The van der Waals surface area contributed by atoms with Crippen molar-refractivity contribution in [1.82, 2.24) is 0 Å². The number of aliphatic hydroxyl groups excluding tert-OH is 1. The highest BCUT2D eigenvalue weighted by Gasteiger charge is 2.68. The first-order chi connectivity index (χ1) is 17.6. The van der Waals surface area contributed by atoms with E-state index >= 15 is 0 Å². The van der Waals surface area contributed by atoms with Crippen LogP contribution in [-0.2, 0) is 14.3 Å². The summed E-state index contributed by atoms with van der Waals surface area (Å²) in [7, 11) is 0. The highest BCUT2D eigenvalue weighted by atomic mass is 16.7. The van der Waals surface area contributed by atoms with Gasteiger partial charge >= 0.3 is 11.9 Å². The van der Waals surface area contributed by atoms with Crippen molar-refractivity contribution in [2.24, 2.45) is 34.0 Å². The molecule has 5 aliphatic rings. The Hall–Kier alpha value is -2.54. The summed E-state index contributed by atoms with van der Waals surface area (Å²) in [5.41, 5.74) is 0.921. The Balaban J connectivity index is 1.32. The standard InChI is InChI=1S/C30H38O7/c1-17-13-30-14-20(17)6-8-23(30)28(3)10-9-26(29(4,15-34-18(2)31)24(28)12-25(30)32)37-27(33)19-5-7-21-22(11-19)36-16-35-21/h5,7,11,20,23-26,32H,1,6,8-10,12-16H2,2-4H3/t20-,23+,24?,25+,26-,28+,29-,30+/m1/s1. The second-order valence-corrected chi connectivity index (χ2v) is 12.7. The van der Waals surface area contributed by atoms with Gasteiger partial charge in [0.05, 0.1) is 11.7 Å². The molecule has 200 valence electrons. The lowest BCUT2D eigenvalue weighted by molar-refractivity contribution is -0.232. The molecule has 0 saturated heterocycles. The minimum Gasteiger partial charge on any atom is -0.465 e. The molecule has 0 amide bonds. The molecule has 4 saturated carbocycles. The van der Waals surface area contributed by atoms with Gasteiger partial charge in [-0.15, -0.1) is 0 Å². The largest absolute Gasteiger partial charge is 0.465 e. The number of allylic oxidation sites excluding steroid dienone is 1. The van der Waals surface area contributed by atoms with Gasteiger partial charge in [-0.05, 0) is 86.3 Å². The van der Waals surface area contributed by atoms with Crippen LogP contribution in [0.25, 0.3) is 0 Å². The molecule has 1 aromatic rings. The van der Waals surface area contributed by atoms with Crippen LogP contribution in [0, 0.1) is 34.0 Å². The Morgan fingerprint density at radius 3 is 2.70 bits per heavy atom. The Morgan fingerprint density at radius 2 is 1.92 bits per heavy atom. The number of esters is 2. The highest BCUT2D eigenvalue weighted by molar-refractivity contribution is 5.90. The van der Waals surface area contributed by atoms with Crippen molar-refractivity contribution in [3.05, 3.63) is 35.9 Å². The number of ether oxygens (including phenoxy) is 4. The van der Waals surface area contributed by atoms with Crippen LogP contribution in [0.2, 0.25) is 0 Å². The van der Waals surface area contributed by atoms with E-state index in [1.807, 2.05) is 0 Å². The molecular weight excluding hydrogens is 472 g/mol. The second kappa shape index (κ2) is 8.48. The summed E-state index contributed by atoms with van der Waals surface area (Å²) >= 11 is 0. The predicted molar refractivity (Wildman–Crippen MR) is 135 cm³/mol. The number of hydrogen-bond donors (Lipinski definition) is 1. The molecule has 4 aliphatic carbocycles. The predicted octanol–water partition coefficient (Wildman–Crippen LogP) is 5.05. The van der Waals surface area contributed by atoms with Crippen molar-refractivity contribution in [3.63, 3.8) is 0 Å². The number of carbonyl (C=O) groups excluding carboxylic acids is 2. The molecule has 0 aromatic heterocycles. The number of benzene rings is 1. The first kappa shape index (κ1) is 24.8. The molecule has 1 heterocycles. The second-order valence-electron chi connectivity index (χ2n) is 12.7. The fourth-order valence-electron chi connectivity index (χ4n) is 9.14. The van der Waals surface area contributed by atoms with Gasteiger partial charge in [-0.1, -0.05) is 26.0 Å². The zero-order valence-electron chi connectivity index (χ0n) is 22.1. The van der Waals surface area contributed by atoms with Gasteiger partial charge < -0.3 is 24.1 Å². The molecule has 1 unspecified atom stereocenters. The molecule has 37 heavy (non-hydrogen) atoms. The van der Waals surface area contributed by atoms with Crippen LogP contribution in [0.3, 0.4) is 0 Å². The maximum absolute atomic E-state index is 13.3. The van der Waals surface area contributed by atoms with Crippen molar-refractivity contribution in [3.8, 4) is 11.5 Å². The van der Waals surface area contributed by atoms with Crippen molar-refractivity contribution < 1.29 is 33.6 Å². The molecule has 6 rings (SSSR count). The zero-order valence-corrected chi connectivity index (χ0v) is 22.1. The Morgan fingerprint density at radius 1 is 1.14 bits per heavy atom. The molecular formula is C30H38O7. The highest BCUT2D eigenvalue weighted by Crippen LogP contribution is 2.72. The topological polar surface area (TPSA) is 91.3 Å². The van der Waals surface area contributed by atoms with Crippen molar-refractivity contribution in [2.45, 2.75) is 77.9 Å². The summed E-state index contributed by atoms with van der Waals surface area (Å²) in [6.45, 7) is 10.5. The van der Waals surface area contributed by atoms with Crippen molar-refractivity contribution in [1.29, 1.82) is 0 Å². The number of fused-ring (bicyclic) bond motifs is 4. The number of rotatable bonds is 4. The van der Waals surface area contributed by atoms with Gasteiger partial charge in [0.25, 0.3) is 0 Å². The molecule has 8 atom stereocenters. The Labute approximate surface area is 218 Å². The van der Waals surface area contributed by atoms with Crippen molar-refractivity contribution in [2.75, 3.05) is 13.4 Å². The molecule has 1 aromatic carbocycles. The Bertz CT molecular complexity index is 1140. The summed E-state index contributed by atoms with van der Waals surface area (Å²) in [6, 6.07) is 5.06. The van der Waals surface area contributed by atoms with E-state index < -0.39 is 23.6 Å². The molecule has 7 nitrogen and oxygen atoms in total. The van der Waals surface area contributed by atoms with E-state index in [1.54, 1.807) is 18.2 Å². The van der Waals surface area contributed by atoms with E-state index in [0.29, 0.717) is 41.7 Å². The van der Waals surface area contributed by atoms with Gasteiger partial charge in [0.15, 0.2) is 11.5 Å². The molecule has 1 spiro atoms. The van der Waals surface area contributed by atoms with E-state index in [9.17, 15) is 14.7 Å². The minimum absolute atomic E-state index is 0.0405. The average molecular weight is 511 g/mol. The SMILES string of the molecule is C=C1C[C@]23C[C@H]1CC[C@H]2[C@]1(C)CC[C@@H](OC(=O)c2ccc4c(c2)OCO4)[C@](C)(COC(C)=O)C1C[C@@H]3O. The van der Waals surface area contributed by atoms with Crippen LogP contribution in [0.4, 0.5) is 0 Å². The average Bonchev–Trinajstić information content (AvgIpc) is 3.43. The lowest BCUT2D eigenvalue weighted by Gasteiger charge is -2.66. The minimum atomic E-state index is -0.625. The van der Waals surface area contributed by atoms with E-state index in [4.69, 9.17) is 18.9 Å². The lowest BCUT2D eigenvalue weighted by Crippen LogP contribution is -2.65. The lowest BCUT2D eigenvalue weighted by atomic mass is 9.40. The fraction of sp³-hybridized carbons (Fsp3) is 0.667. The zero-order chi connectivity index (χ0) is 26.2. The van der Waals surface area contributed by atoms with Gasteiger partial charge in [0, 0.05) is 17.8 Å².